The Hall–Kier alpha value is -1.63. The molecular weight excluding hydrogens is 289 g/mol. The fraction of sp³-hybridized carbons (Fsp3) is 0.385. The molecule has 1 amide bonds. The Morgan fingerprint density at radius 1 is 1.40 bits per heavy atom. The largest absolute Gasteiger partial charge is 0.417 e. The maximum atomic E-state index is 12.9. The smallest absolute Gasteiger partial charge is 0.393 e. The molecule has 1 aromatic rings. The molecule has 1 atom stereocenters. The molecule has 0 aliphatic rings. The predicted octanol–water partition coefficient (Wildman–Crippen LogP) is 2.84. The van der Waals surface area contributed by atoms with E-state index in [-0.39, 0.29) is 23.0 Å². The number of nitrogens with two attached hydrogens (primary N) is 1. The minimum atomic E-state index is -4.57. The number of thiocarbonyl (C=S) groups is 1. The molecule has 1 unspecified atom stereocenters. The highest BCUT2D eigenvalue weighted by Gasteiger charge is 2.35. The molecular formula is C13H15F3N2OS. The summed E-state index contributed by atoms with van der Waals surface area (Å²) >= 11 is 4.74. The molecule has 1 rings (SSSR count). The third-order valence-electron chi connectivity index (χ3n) is 2.94. The summed E-state index contributed by atoms with van der Waals surface area (Å²) in [5.41, 5.74) is 4.06. The minimum absolute atomic E-state index is 0.209. The third kappa shape index (κ3) is 3.93. The van der Waals surface area contributed by atoms with Gasteiger partial charge in [-0.25, -0.2) is 0 Å². The van der Waals surface area contributed by atoms with Gasteiger partial charge in [-0.2, -0.15) is 13.2 Å². The van der Waals surface area contributed by atoms with Crippen LogP contribution < -0.4 is 5.73 Å². The van der Waals surface area contributed by atoms with Crippen LogP contribution in [0.25, 0.3) is 0 Å². The number of hydrogen-bond donors (Lipinski definition) is 1. The molecule has 110 valence electrons. The van der Waals surface area contributed by atoms with Crippen LogP contribution in [-0.4, -0.2) is 28.9 Å². The molecule has 1 aromatic carbocycles. The molecule has 0 aliphatic carbocycles. The van der Waals surface area contributed by atoms with Gasteiger partial charge in [0.1, 0.15) is 0 Å². The van der Waals surface area contributed by atoms with E-state index in [0.29, 0.717) is 0 Å². The van der Waals surface area contributed by atoms with Crippen molar-refractivity contribution in [3.63, 3.8) is 0 Å². The van der Waals surface area contributed by atoms with Gasteiger partial charge < -0.3 is 10.6 Å². The summed E-state index contributed by atoms with van der Waals surface area (Å²) in [4.78, 5) is 13.6. The second kappa shape index (κ2) is 6.21. The molecule has 0 fully saturated rings. The molecule has 0 spiro atoms. The molecule has 7 heteroatoms. The monoisotopic (exact) mass is 304 g/mol. The molecule has 0 bridgehead atoms. The maximum Gasteiger partial charge on any atom is 0.417 e. The van der Waals surface area contributed by atoms with E-state index < -0.39 is 17.6 Å². The van der Waals surface area contributed by atoms with Crippen molar-refractivity contribution in [3.05, 3.63) is 35.4 Å². The summed E-state index contributed by atoms with van der Waals surface area (Å²) in [5.74, 6) is -0.707. The van der Waals surface area contributed by atoms with Crippen LogP contribution in [0.2, 0.25) is 0 Å². The SMILES string of the molecule is CC(CC(N)=S)N(C)C(=O)c1ccccc1C(F)(F)F. The van der Waals surface area contributed by atoms with Gasteiger partial charge in [-0.3, -0.25) is 4.79 Å². The van der Waals surface area contributed by atoms with Crippen LogP contribution in [0.1, 0.15) is 29.3 Å². The zero-order valence-electron chi connectivity index (χ0n) is 11.1. The Morgan fingerprint density at radius 3 is 2.45 bits per heavy atom. The number of amides is 1. The number of hydrogen-bond acceptors (Lipinski definition) is 2. The first-order valence-corrected chi connectivity index (χ1v) is 6.27. The first kappa shape index (κ1) is 16.4. The average Bonchev–Trinajstić information content (AvgIpc) is 2.35. The molecule has 2 N–H and O–H groups in total. The fourth-order valence-electron chi connectivity index (χ4n) is 1.74. The third-order valence-corrected chi connectivity index (χ3v) is 3.11. The molecule has 0 saturated carbocycles. The van der Waals surface area contributed by atoms with Gasteiger partial charge in [-0.05, 0) is 19.1 Å². The van der Waals surface area contributed by atoms with E-state index >= 15 is 0 Å². The van der Waals surface area contributed by atoms with Gasteiger partial charge >= 0.3 is 6.18 Å². The van der Waals surface area contributed by atoms with Crippen LogP contribution in [0.3, 0.4) is 0 Å². The van der Waals surface area contributed by atoms with Crippen LogP contribution >= 0.6 is 12.2 Å². The van der Waals surface area contributed by atoms with Crippen molar-refractivity contribution < 1.29 is 18.0 Å². The molecule has 0 aliphatic heterocycles. The summed E-state index contributed by atoms with van der Waals surface area (Å²) in [5, 5.41) is 0. The molecule has 0 heterocycles. The van der Waals surface area contributed by atoms with Crippen molar-refractivity contribution in [2.45, 2.75) is 25.6 Å². The maximum absolute atomic E-state index is 12.9. The number of rotatable bonds is 4. The topological polar surface area (TPSA) is 46.3 Å². The van der Waals surface area contributed by atoms with E-state index in [4.69, 9.17) is 18.0 Å². The molecule has 0 radical (unpaired) electrons. The second-order valence-electron chi connectivity index (χ2n) is 4.48. The van der Waals surface area contributed by atoms with Crippen LogP contribution in [0.15, 0.2) is 24.3 Å². The number of benzene rings is 1. The standard InChI is InChI=1S/C13H15F3N2OS/c1-8(7-11(17)20)18(2)12(19)9-5-3-4-6-10(9)13(14,15)16/h3-6,8H,7H2,1-2H3,(H2,17,20). The quantitative estimate of drug-likeness (QED) is 0.870. The van der Waals surface area contributed by atoms with Crippen molar-refractivity contribution in [3.8, 4) is 0 Å². The first-order chi connectivity index (χ1) is 9.14. The lowest BCUT2D eigenvalue weighted by Crippen LogP contribution is -2.38. The lowest BCUT2D eigenvalue weighted by molar-refractivity contribution is -0.138. The lowest BCUT2D eigenvalue weighted by atomic mass is 10.0. The second-order valence-corrected chi connectivity index (χ2v) is 5.00. The van der Waals surface area contributed by atoms with E-state index in [1.807, 2.05) is 0 Å². The summed E-state index contributed by atoms with van der Waals surface area (Å²) in [7, 11) is 1.43. The van der Waals surface area contributed by atoms with E-state index in [1.165, 1.54) is 24.1 Å². The van der Waals surface area contributed by atoms with Crippen molar-refractivity contribution in [1.29, 1.82) is 0 Å². The van der Waals surface area contributed by atoms with Crippen LogP contribution in [0.4, 0.5) is 13.2 Å². The average molecular weight is 304 g/mol. The van der Waals surface area contributed by atoms with Gasteiger partial charge in [-0.15, -0.1) is 0 Å². The van der Waals surface area contributed by atoms with E-state index in [9.17, 15) is 18.0 Å². The predicted molar refractivity (Wildman–Crippen MR) is 74.4 cm³/mol. The fourth-order valence-corrected chi connectivity index (χ4v) is 1.98. The number of nitrogens with zero attached hydrogens (tertiary/aromatic N) is 1. The van der Waals surface area contributed by atoms with Gasteiger partial charge in [0, 0.05) is 19.5 Å². The van der Waals surface area contributed by atoms with Gasteiger partial charge in [-0.1, -0.05) is 24.4 Å². The van der Waals surface area contributed by atoms with Crippen LogP contribution in [0, 0.1) is 0 Å². The molecule has 0 aromatic heterocycles. The lowest BCUT2D eigenvalue weighted by Gasteiger charge is -2.26. The van der Waals surface area contributed by atoms with E-state index in [1.54, 1.807) is 6.92 Å². The van der Waals surface area contributed by atoms with Crippen LogP contribution in [-0.2, 0) is 6.18 Å². The summed E-state index contributed by atoms with van der Waals surface area (Å²) < 4.78 is 38.6. The zero-order chi connectivity index (χ0) is 15.5. The Morgan fingerprint density at radius 2 is 1.95 bits per heavy atom. The Labute approximate surface area is 120 Å². The Balaban J connectivity index is 3.07. The molecule has 3 nitrogen and oxygen atoms in total. The highest BCUT2D eigenvalue weighted by molar-refractivity contribution is 7.80. The normalized spacial score (nSPS) is 12.8. The molecule has 0 saturated heterocycles. The van der Waals surface area contributed by atoms with Crippen molar-refractivity contribution >= 4 is 23.1 Å². The highest BCUT2D eigenvalue weighted by atomic mass is 32.1. The summed E-state index contributed by atoms with van der Waals surface area (Å²) in [6.45, 7) is 1.67. The summed E-state index contributed by atoms with van der Waals surface area (Å²) in [6, 6.07) is 4.32. The van der Waals surface area contributed by atoms with Gasteiger partial charge in [0.05, 0.1) is 16.1 Å². The van der Waals surface area contributed by atoms with Crippen molar-refractivity contribution in [1.82, 2.24) is 4.90 Å². The van der Waals surface area contributed by atoms with E-state index in [0.717, 1.165) is 12.1 Å². The Kier molecular flexibility index (Phi) is 5.10. The minimum Gasteiger partial charge on any atom is -0.393 e. The van der Waals surface area contributed by atoms with E-state index in [2.05, 4.69) is 0 Å². The van der Waals surface area contributed by atoms with Gasteiger partial charge in [0.25, 0.3) is 5.91 Å². The number of carbonyl (C=O) groups excluding carboxylic acids is 1. The summed E-state index contributed by atoms with van der Waals surface area (Å²) in [6.07, 6.45) is -4.31. The van der Waals surface area contributed by atoms with Crippen molar-refractivity contribution in [2.75, 3.05) is 7.05 Å². The molecule has 20 heavy (non-hydrogen) atoms. The van der Waals surface area contributed by atoms with Gasteiger partial charge in [0.2, 0.25) is 0 Å². The zero-order valence-corrected chi connectivity index (χ0v) is 11.9. The van der Waals surface area contributed by atoms with Gasteiger partial charge in [0.15, 0.2) is 0 Å². The highest BCUT2D eigenvalue weighted by Crippen LogP contribution is 2.32. The number of halogens is 3. The van der Waals surface area contributed by atoms with Crippen LogP contribution in [0.5, 0.6) is 0 Å². The van der Waals surface area contributed by atoms with Crippen molar-refractivity contribution in [2.24, 2.45) is 5.73 Å². The number of carbonyl (C=O) groups is 1. The first-order valence-electron chi connectivity index (χ1n) is 5.86. The number of alkyl halides is 3. The Bertz CT molecular complexity index is 517.